The van der Waals surface area contributed by atoms with Gasteiger partial charge >= 0.3 is 0 Å². The van der Waals surface area contributed by atoms with E-state index in [4.69, 9.17) is 5.73 Å². The van der Waals surface area contributed by atoms with Gasteiger partial charge in [0.1, 0.15) is 21.2 Å². The summed E-state index contributed by atoms with van der Waals surface area (Å²) in [5.41, 5.74) is 3.09. The predicted octanol–water partition coefficient (Wildman–Crippen LogP) is 5.50. The average molecular weight is 868 g/mol. The van der Waals surface area contributed by atoms with Crippen molar-refractivity contribution in [3.8, 4) is 5.75 Å². The van der Waals surface area contributed by atoms with Gasteiger partial charge in [-0.2, -0.15) is 42.1 Å². The van der Waals surface area contributed by atoms with E-state index in [1.54, 1.807) is 0 Å². The van der Waals surface area contributed by atoms with Crippen LogP contribution in [0.5, 0.6) is 5.75 Å². The van der Waals surface area contributed by atoms with Crippen LogP contribution in [0.1, 0.15) is 0 Å². The Labute approximate surface area is 315 Å². The highest BCUT2D eigenvalue weighted by Gasteiger charge is 2.28. The van der Waals surface area contributed by atoms with Crippen molar-refractivity contribution in [2.75, 3.05) is 5.73 Å². The van der Waals surface area contributed by atoms with Crippen LogP contribution in [-0.2, 0) is 50.6 Å². The quantitative estimate of drug-likeness (QED) is 0.0536. The second kappa shape index (κ2) is 13.6. The summed E-state index contributed by atoms with van der Waals surface area (Å²) in [5, 5.41) is 25.7. The second-order valence-corrected chi connectivity index (χ2v) is 18.6. The first kappa shape index (κ1) is 40.1. The number of phenols is 1. The van der Waals surface area contributed by atoms with E-state index in [0.29, 0.717) is 12.1 Å². The predicted molar refractivity (Wildman–Crippen MR) is 195 cm³/mol. The van der Waals surface area contributed by atoms with Crippen LogP contribution in [0.2, 0.25) is 0 Å². The zero-order valence-electron chi connectivity index (χ0n) is 27.2. The summed E-state index contributed by atoms with van der Waals surface area (Å²) in [5.74, 6) is -1.19. The Hall–Kier alpha value is -5.55. The SMILES string of the molecule is Nc1c(N=Nc2cccc3cc(S(=O)(=O)O)ccc23)c(S(=O)(=O)O)cc2cc(S(=O)(=O)O)c(N=Nc3cc(S(=O)(=O)O)cc4cc(S(=O)(=O)O)ccc34)c(O)c12. The van der Waals surface area contributed by atoms with Crippen molar-refractivity contribution in [3.05, 3.63) is 78.9 Å². The normalized spacial score (nSPS) is 13.4. The fourth-order valence-electron chi connectivity index (χ4n) is 5.50. The minimum absolute atomic E-state index is 0.0198. The van der Waals surface area contributed by atoms with Crippen molar-refractivity contribution in [2.24, 2.45) is 20.5 Å². The molecule has 6 rings (SSSR count). The number of nitrogen functional groups attached to an aromatic ring is 1. The fourth-order valence-corrected chi connectivity index (χ4v) is 8.39. The highest BCUT2D eigenvalue weighted by atomic mass is 32.2. The van der Waals surface area contributed by atoms with E-state index in [9.17, 15) is 70.0 Å². The van der Waals surface area contributed by atoms with E-state index in [1.807, 2.05) is 0 Å². The van der Waals surface area contributed by atoms with Crippen LogP contribution in [0.25, 0.3) is 32.3 Å². The Morgan fingerprint density at radius 2 is 0.911 bits per heavy atom. The van der Waals surface area contributed by atoms with Gasteiger partial charge in [-0.1, -0.05) is 24.3 Å². The average Bonchev–Trinajstić information content (AvgIpc) is 3.07. The topological polar surface area (TPSA) is 368 Å². The first-order chi connectivity index (χ1) is 25.7. The first-order valence-electron chi connectivity index (χ1n) is 14.7. The Bertz CT molecular complexity index is 3350. The van der Waals surface area contributed by atoms with Crippen molar-refractivity contribution in [2.45, 2.75) is 24.5 Å². The van der Waals surface area contributed by atoms with Crippen molar-refractivity contribution in [3.63, 3.8) is 0 Å². The summed E-state index contributed by atoms with van der Waals surface area (Å²) in [6.45, 7) is 0. The van der Waals surface area contributed by atoms with Crippen molar-refractivity contribution in [1.82, 2.24) is 0 Å². The maximum absolute atomic E-state index is 12.5. The van der Waals surface area contributed by atoms with E-state index < -0.39 is 114 Å². The van der Waals surface area contributed by atoms with Gasteiger partial charge in [0.15, 0.2) is 5.75 Å². The number of phenolic OH excluding ortho intramolecular Hbond substituents is 1. The lowest BCUT2D eigenvalue weighted by atomic mass is 10.0. The van der Waals surface area contributed by atoms with E-state index >= 15 is 0 Å². The number of nitrogens with two attached hydrogens (primary N) is 1. The molecule has 0 aliphatic carbocycles. The molecule has 0 fully saturated rings. The molecule has 0 saturated heterocycles. The molecule has 0 saturated carbocycles. The molecule has 0 amide bonds. The van der Waals surface area contributed by atoms with Crippen LogP contribution in [0.4, 0.5) is 28.4 Å². The maximum Gasteiger partial charge on any atom is 0.296 e. The van der Waals surface area contributed by atoms with Crippen LogP contribution >= 0.6 is 0 Å². The van der Waals surface area contributed by atoms with Gasteiger partial charge in [-0.05, 0) is 70.8 Å². The molecule has 21 nitrogen and oxygen atoms in total. The number of nitrogens with zero attached hydrogens (tertiary/aromatic N) is 4. The van der Waals surface area contributed by atoms with Gasteiger partial charge in [-0.3, -0.25) is 22.8 Å². The first-order valence-corrected chi connectivity index (χ1v) is 21.9. The van der Waals surface area contributed by atoms with Gasteiger partial charge in [-0.25, -0.2) is 0 Å². The highest BCUT2D eigenvalue weighted by molar-refractivity contribution is 7.87. The number of fused-ring (bicyclic) bond motifs is 3. The molecule has 8 N–H and O–H groups in total. The molecule has 0 aliphatic rings. The largest absolute Gasteiger partial charge is 0.505 e. The Morgan fingerprint density at radius 3 is 1.45 bits per heavy atom. The number of hydrogen-bond acceptors (Lipinski definition) is 16. The van der Waals surface area contributed by atoms with E-state index in [-0.39, 0.29) is 27.2 Å². The molecule has 6 aromatic carbocycles. The van der Waals surface area contributed by atoms with E-state index in [2.05, 4.69) is 20.5 Å². The van der Waals surface area contributed by atoms with Gasteiger partial charge < -0.3 is 10.8 Å². The van der Waals surface area contributed by atoms with E-state index in [0.717, 1.165) is 42.5 Å². The lowest BCUT2D eigenvalue weighted by Gasteiger charge is -2.14. The van der Waals surface area contributed by atoms with Crippen LogP contribution < -0.4 is 5.73 Å². The Kier molecular flexibility index (Phi) is 9.73. The lowest BCUT2D eigenvalue weighted by Crippen LogP contribution is -2.03. The van der Waals surface area contributed by atoms with Crippen molar-refractivity contribution >= 4 is 111 Å². The smallest absolute Gasteiger partial charge is 0.296 e. The summed E-state index contributed by atoms with van der Waals surface area (Å²) in [4.78, 5) is -4.30. The molecule has 0 atom stereocenters. The standard InChI is InChI=1S/C30H21N5O16S5/c31-27-26-16(11-24(55(46,47)48)28(27)34-32-22-3-1-2-14-8-17(52(37,38)39)4-6-20(14)22)12-25(56(49,50)51)29(30(26)36)35-33-23-13-19(54(43,44)45)10-15-9-18(53(40,41)42)5-7-21(15)23/h1-13,36H,31H2,(H,37,38,39)(H,40,41,42)(H,43,44,45)(H,46,47,48)(H,49,50,51). The van der Waals surface area contributed by atoms with Crippen LogP contribution in [-0.4, -0.2) is 70.0 Å². The van der Waals surface area contributed by atoms with Crippen molar-refractivity contribution < 1.29 is 70.0 Å². The van der Waals surface area contributed by atoms with Gasteiger partial charge in [-0.15, -0.1) is 20.5 Å². The Balaban J connectivity index is 1.60. The number of benzene rings is 6. The van der Waals surface area contributed by atoms with Crippen molar-refractivity contribution in [1.29, 1.82) is 0 Å². The van der Waals surface area contributed by atoms with Crippen LogP contribution in [0.15, 0.2) is 124 Å². The second-order valence-electron chi connectivity index (χ2n) is 11.6. The zero-order chi connectivity index (χ0) is 41.3. The monoisotopic (exact) mass is 867 g/mol. The highest BCUT2D eigenvalue weighted by Crippen LogP contribution is 2.49. The maximum atomic E-state index is 12.5. The molecule has 0 spiro atoms. The van der Waals surface area contributed by atoms with Crippen LogP contribution in [0, 0.1) is 0 Å². The minimum Gasteiger partial charge on any atom is -0.505 e. The number of aromatic hydroxyl groups is 1. The molecule has 6 aromatic rings. The van der Waals surface area contributed by atoms with Gasteiger partial charge in [0.25, 0.3) is 50.6 Å². The molecular weight excluding hydrogens is 847 g/mol. The summed E-state index contributed by atoms with van der Waals surface area (Å²) in [7, 11) is -25.1. The van der Waals surface area contributed by atoms with Gasteiger partial charge in [0.05, 0.1) is 37.1 Å². The molecule has 0 radical (unpaired) electrons. The van der Waals surface area contributed by atoms with E-state index in [1.165, 1.54) is 24.3 Å². The molecule has 0 heterocycles. The minimum atomic E-state index is -5.39. The third-order valence-corrected chi connectivity index (χ3v) is 12.2. The molecule has 0 aromatic heterocycles. The number of rotatable bonds is 9. The summed E-state index contributed by atoms with van der Waals surface area (Å²) >= 11 is 0. The molecule has 0 unspecified atom stereocenters. The summed E-state index contributed by atoms with van der Waals surface area (Å²) < 4.78 is 170. The Morgan fingerprint density at radius 1 is 0.446 bits per heavy atom. The van der Waals surface area contributed by atoms with Gasteiger partial charge in [0, 0.05) is 10.8 Å². The number of azo groups is 2. The number of hydrogen-bond donors (Lipinski definition) is 7. The molecule has 0 bridgehead atoms. The van der Waals surface area contributed by atoms with Gasteiger partial charge in [0.2, 0.25) is 0 Å². The molecule has 0 aliphatic heterocycles. The zero-order valence-corrected chi connectivity index (χ0v) is 31.3. The summed E-state index contributed by atoms with van der Waals surface area (Å²) in [6, 6.07) is 13.1. The molecular formula is C30H21N5O16S5. The third kappa shape index (κ3) is 7.77. The molecule has 56 heavy (non-hydrogen) atoms. The third-order valence-electron chi connectivity index (χ3n) is 7.98. The fraction of sp³-hybridized carbons (Fsp3) is 0. The molecule has 292 valence electrons. The van der Waals surface area contributed by atoms with Crippen LogP contribution in [0.3, 0.4) is 0 Å². The lowest BCUT2D eigenvalue weighted by molar-refractivity contribution is 0.472. The summed E-state index contributed by atoms with van der Waals surface area (Å²) in [6.07, 6.45) is 0. The number of anilines is 1. The molecule has 26 heteroatoms.